The summed E-state index contributed by atoms with van der Waals surface area (Å²) in [4.78, 5) is 4.65. The van der Waals surface area contributed by atoms with E-state index in [1.54, 1.807) is 0 Å². The standard InChI is InChI=1S/C16H19ClN6O.ClH/c1-22-15-3-2-11(17)6-14(15)19-16(22)10-23-9-12(20-21-23)7-13-8-18-4-5-24-13;/h2-3,6,9,13,18H,4-5,7-8,10H2,1H3;1H. The number of imidazole rings is 1. The summed E-state index contributed by atoms with van der Waals surface area (Å²) in [6.45, 7) is 3.10. The smallest absolute Gasteiger partial charge is 0.131 e. The minimum absolute atomic E-state index is 0. The fraction of sp³-hybridized carbons (Fsp3) is 0.438. The highest BCUT2D eigenvalue weighted by atomic mass is 35.5. The molecule has 2 aromatic heterocycles. The van der Waals surface area contributed by atoms with Gasteiger partial charge in [-0.3, -0.25) is 0 Å². The van der Waals surface area contributed by atoms with Gasteiger partial charge < -0.3 is 14.6 Å². The number of halogens is 2. The van der Waals surface area contributed by atoms with Crippen molar-refractivity contribution in [3.63, 3.8) is 0 Å². The summed E-state index contributed by atoms with van der Waals surface area (Å²) in [6, 6.07) is 5.73. The molecule has 1 N–H and O–H groups in total. The highest BCUT2D eigenvalue weighted by Gasteiger charge is 2.16. The van der Waals surface area contributed by atoms with Crippen molar-refractivity contribution in [2.75, 3.05) is 19.7 Å². The number of hydrogen-bond donors (Lipinski definition) is 1. The van der Waals surface area contributed by atoms with Crippen molar-refractivity contribution in [3.8, 4) is 0 Å². The molecule has 0 saturated carbocycles. The van der Waals surface area contributed by atoms with Crippen LogP contribution < -0.4 is 5.32 Å². The zero-order chi connectivity index (χ0) is 16.5. The molecule has 1 atom stereocenters. The van der Waals surface area contributed by atoms with E-state index >= 15 is 0 Å². The van der Waals surface area contributed by atoms with E-state index < -0.39 is 0 Å². The molecule has 25 heavy (non-hydrogen) atoms. The highest BCUT2D eigenvalue weighted by molar-refractivity contribution is 6.31. The van der Waals surface area contributed by atoms with Gasteiger partial charge in [0.15, 0.2) is 0 Å². The van der Waals surface area contributed by atoms with Crippen LogP contribution in [-0.4, -0.2) is 50.3 Å². The van der Waals surface area contributed by atoms with Crippen LogP contribution in [0.2, 0.25) is 5.02 Å². The lowest BCUT2D eigenvalue weighted by Crippen LogP contribution is -2.39. The number of benzene rings is 1. The van der Waals surface area contributed by atoms with Gasteiger partial charge in [-0.25, -0.2) is 9.67 Å². The van der Waals surface area contributed by atoms with Gasteiger partial charge in [-0.2, -0.15) is 0 Å². The third-order valence-corrected chi connectivity index (χ3v) is 4.50. The van der Waals surface area contributed by atoms with E-state index in [0.717, 1.165) is 48.7 Å². The molecule has 9 heteroatoms. The summed E-state index contributed by atoms with van der Waals surface area (Å²) in [5.41, 5.74) is 2.88. The third-order valence-electron chi connectivity index (χ3n) is 4.27. The number of nitrogens with one attached hydrogen (secondary N) is 1. The van der Waals surface area contributed by atoms with E-state index in [9.17, 15) is 0 Å². The van der Waals surface area contributed by atoms with E-state index in [0.29, 0.717) is 11.6 Å². The van der Waals surface area contributed by atoms with Gasteiger partial charge in [0.1, 0.15) is 12.4 Å². The summed E-state index contributed by atoms with van der Waals surface area (Å²) in [7, 11) is 2.00. The number of aryl methyl sites for hydroxylation is 1. The maximum atomic E-state index is 6.04. The van der Waals surface area contributed by atoms with Gasteiger partial charge in [0, 0.05) is 37.8 Å². The molecule has 1 aromatic carbocycles. The Morgan fingerprint density at radius 1 is 1.40 bits per heavy atom. The lowest BCUT2D eigenvalue weighted by atomic mass is 10.2. The third kappa shape index (κ3) is 3.95. The molecule has 0 radical (unpaired) electrons. The lowest BCUT2D eigenvalue weighted by Gasteiger charge is -2.22. The minimum atomic E-state index is 0. The molecule has 0 aliphatic carbocycles. The Hall–Kier alpha value is -1.67. The van der Waals surface area contributed by atoms with E-state index in [-0.39, 0.29) is 18.5 Å². The van der Waals surface area contributed by atoms with Crippen molar-refractivity contribution in [1.82, 2.24) is 29.9 Å². The van der Waals surface area contributed by atoms with Crippen LogP contribution in [0.25, 0.3) is 11.0 Å². The monoisotopic (exact) mass is 382 g/mol. The molecule has 134 valence electrons. The summed E-state index contributed by atoms with van der Waals surface area (Å²) in [5.74, 6) is 0.916. The molecule has 1 saturated heterocycles. The second-order valence-corrected chi connectivity index (χ2v) is 6.47. The molecule has 0 spiro atoms. The number of fused-ring (bicyclic) bond motifs is 1. The SMILES string of the molecule is Cl.Cn1c(Cn2cc(CC3CNCCO3)nn2)nc2cc(Cl)ccc21. The summed E-state index contributed by atoms with van der Waals surface area (Å²) >= 11 is 6.04. The van der Waals surface area contributed by atoms with E-state index in [2.05, 4.69) is 25.2 Å². The number of nitrogens with zero attached hydrogens (tertiary/aromatic N) is 5. The average molecular weight is 383 g/mol. The number of ether oxygens (including phenoxy) is 1. The predicted molar refractivity (Wildman–Crippen MR) is 98.4 cm³/mol. The Morgan fingerprint density at radius 3 is 3.08 bits per heavy atom. The van der Waals surface area contributed by atoms with Gasteiger partial charge in [-0.15, -0.1) is 17.5 Å². The average Bonchev–Trinajstić information content (AvgIpc) is 3.13. The van der Waals surface area contributed by atoms with Crippen LogP contribution in [0.5, 0.6) is 0 Å². The van der Waals surface area contributed by atoms with Crippen molar-refractivity contribution < 1.29 is 4.74 Å². The van der Waals surface area contributed by atoms with E-state index in [1.165, 1.54) is 0 Å². The maximum absolute atomic E-state index is 6.04. The molecule has 1 fully saturated rings. The molecule has 3 aromatic rings. The van der Waals surface area contributed by atoms with Gasteiger partial charge in [0.05, 0.1) is 29.4 Å². The second kappa shape index (κ2) is 7.70. The number of morpholine rings is 1. The van der Waals surface area contributed by atoms with Crippen molar-refractivity contribution in [2.45, 2.75) is 19.1 Å². The quantitative estimate of drug-likeness (QED) is 0.744. The Bertz CT molecular complexity index is 856. The Kier molecular flexibility index (Phi) is 5.58. The first-order valence-electron chi connectivity index (χ1n) is 8.01. The summed E-state index contributed by atoms with van der Waals surface area (Å²) in [6.07, 6.45) is 2.90. The fourth-order valence-corrected chi connectivity index (χ4v) is 3.17. The predicted octanol–water partition coefficient (Wildman–Crippen LogP) is 1.82. The van der Waals surface area contributed by atoms with E-state index in [4.69, 9.17) is 16.3 Å². The Balaban J connectivity index is 0.00000182. The zero-order valence-electron chi connectivity index (χ0n) is 13.9. The zero-order valence-corrected chi connectivity index (χ0v) is 15.4. The molecule has 3 heterocycles. The number of aromatic nitrogens is 5. The first-order valence-corrected chi connectivity index (χ1v) is 8.39. The molecule has 4 rings (SSSR count). The molecule has 1 aliphatic rings. The molecule has 0 amide bonds. The summed E-state index contributed by atoms with van der Waals surface area (Å²) < 4.78 is 9.58. The molecule has 7 nitrogen and oxygen atoms in total. The van der Waals surface area contributed by atoms with Crippen LogP contribution >= 0.6 is 24.0 Å². The molecular formula is C16H20Cl2N6O. The normalized spacial score (nSPS) is 17.6. The molecule has 1 aliphatic heterocycles. The van der Waals surface area contributed by atoms with Crippen molar-refractivity contribution >= 4 is 35.0 Å². The van der Waals surface area contributed by atoms with Crippen molar-refractivity contribution in [2.24, 2.45) is 7.05 Å². The fourth-order valence-electron chi connectivity index (χ4n) is 3.00. The van der Waals surface area contributed by atoms with Crippen LogP contribution in [0.4, 0.5) is 0 Å². The first kappa shape index (κ1) is 18.1. The maximum Gasteiger partial charge on any atom is 0.131 e. The van der Waals surface area contributed by atoms with E-state index in [1.807, 2.05) is 36.1 Å². The van der Waals surface area contributed by atoms with Gasteiger partial charge in [0.25, 0.3) is 0 Å². The summed E-state index contributed by atoms with van der Waals surface area (Å²) in [5, 5.41) is 12.5. The Labute approximate surface area is 156 Å². The largest absolute Gasteiger partial charge is 0.375 e. The van der Waals surface area contributed by atoms with Crippen LogP contribution in [0.3, 0.4) is 0 Å². The van der Waals surface area contributed by atoms with Gasteiger partial charge >= 0.3 is 0 Å². The molecule has 0 bridgehead atoms. The van der Waals surface area contributed by atoms with Crippen LogP contribution in [0, 0.1) is 0 Å². The van der Waals surface area contributed by atoms with Crippen LogP contribution in [0.1, 0.15) is 11.5 Å². The van der Waals surface area contributed by atoms with Crippen LogP contribution in [0.15, 0.2) is 24.4 Å². The topological polar surface area (TPSA) is 69.8 Å². The van der Waals surface area contributed by atoms with Crippen molar-refractivity contribution in [3.05, 3.63) is 40.9 Å². The van der Waals surface area contributed by atoms with Gasteiger partial charge in [0.2, 0.25) is 0 Å². The first-order chi connectivity index (χ1) is 11.7. The number of hydrogen-bond acceptors (Lipinski definition) is 5. The Morgan fingerprint density at radius 2 is 2.28 bits per heavy atom. The van der Waals surface area contributed by atoms with Gasteiger partial charge in [-0.05, 0) is 18.2 Å². The van der Waals surface area contributed by atoms with Gasteiger partial charge in [-0.1, -0.05) is 16.8 Å². The second-order valence-electron chi connectivity index (χ2n) is 6.03. The highest BCUT2D eigenvalue weighted by Crippen LogP contribution is 2.20. The minimum Gasteiger partial charge on any atom is -0.375 e. The molecule has 1 unspecified atom stereocenters. The lowest BCUT2D eigenvalue weighted by molar-refractivity contribution is 0.0286. The van der Waals surface area contributed by atoms with Crippen LogP contribution in [-0.2, 0) is 24.8 Å². The molecular weight excluding hydrogens is 363 g/mol. The van der Waals surface area contributed by atoms with Crippen molar-refractivity contribution in [1.29, 1.82) is 0 Å². The number of rotatable bonds is 4.